The fourth-order valence-electron chi connectivity index (χ4n) is 3.28. The molecule has 0 N–H and O–H groups in total. The van der Waals surface area contributed by atoms with Crippen molar-refractivity contribution in [3.05, 3.63) is 149 Å². The van der Waals surface area contributed by atoms with Crippen LogP contribution < -0.4 is 5.43 Å². The van der Waals surface area contributed by atoms with Gasteiger partial charge in [0.25, 0.3) is 0 Å². The van der Waals surface area contributed by atoms with Crippen LogP contribution in [0, 0.1) is 0 Å². The van der Waals surface area contributed by atoms with Gasteiger partial charge in [-0.15, -0.1) is 0 Å². The summed E-state index contributed by atoms with van der Waals surface area (Å²) < 4.78 is 5.73. The number of ketones is 1. The van der Waals surface area contributed by atoms with Crippen LogP contribution in [0.5, 0.6) is 0 Å². The van der Waals surface area contributed by atoms with Crippen LogP contribution in [-0.2, 0) is 0 Å². The highest BCUT2D eigenvalue weighted by Gasteiger charge is 2.05. The molecule has 0 unspecified atom stereocenters. The topological polar surface area (TPSA) is 47.3 Å². The van der Waals surface area contributed by atoms with Gasteiger partial charge in [-0.1, -0.05) is 117 Å². The van der Waals surface area contributed by atoms with E-state index in [1.54, 1.807) is 12.1 Å². The molecule has 5 rings (SSSR count). The van der Waals surface area contributed by atoms with E-state index in [9.17, 15) is 9.59 Å². The number of carbonyl (C=O) groups is 1. The molecule has 0 amide bonds. The maximum atomic E-state index is 11.9. The minimum Gasteiger partial charge on any atom is -0.456 e. The van der Waals surface area contributed by atoms with Crippen LogP contribution in [0.1, 0.15) is 23.3 Å². The molecule has 1 heterocycles. The minimum atomic E-state index is -0.00861. The summed E-state index contributed by atoms with van der Waals surface area (Å²) in [5, 5.41) is 0.618. The lowest BCUT2D eigenvalue weighted by Crippen LogP contribution is -1.99. The van der Waals surface area contributed by atoms with Crippen molar-refractivity contribution in [2.24, 2.45) is 0 Å². The normalized spacial score (nSPS) is 9.67. The molecule has 5 aromatic rings. The molecule has 0 saturated carbocycles. The number of hydrogen-bond donors (Lipinski definition) is 0. The van der Waals surface area contributed by atoms with Crippen LogP contribution in [0.4, 0.5) is 0 Å². The third-order valence-corrected chi connectivity index (χ3v) is 4.98. The Balaban J connectivity index is 0.000000333. The molecule has 4 aromatic carbocycles. The number of carbonyl (C=O) groups excluding carboxylic acids is 1. The second-order valence-corrected chi connectivity index (χ2v) is 7.31. The summed E-state index contributed by atoms with van der Waals surface area (Å²) in [6.45, 7) is 0. The van der Waals surface area contributed by atoms with Gasteiger partial charge in [-0.2, -0.15) is 0 Å². The van der Waals surface area contributed by atoms with Gasteiger partial charge in [-0.05, 0) is 23.8 Å². The summed E-state index contributed by atoms with van der Waals surface area (Å²) in [5.41, 5.74) is 3.28. The standard InChI is InChI=1S/C15H10O2.C15H12O.CH4.2B/c16-13-10-15(11-6-2-1-3-7-11)17-14-9-5-4-8-12(13)14;16-15(14-9-5-2-6-10-14)12-11-13-7-3-1-4-8-13;;;/h1-10H;1-12H;1H4;;/b;12-11+;;;. The first-order chi connectivity index (χ1) is 16.2. The quantitative estimate of drug-likeness (QED) is 0.164. The molecular weight excluding hydrogens is 442 g/mol. The molecule has 0 bridgehead atoms. The molecule has 0 saturated heterocycles. The van der Waals surface area contributed by atoms with Crippen LogP contribution in [-0.4, -0.2) is 22.6 Å². The highest BCUT2D eigenvalue weighted by atomic mass is 16.3. The van der Waals surface area contributed by atoms with Crippen molar-refractivity contribution in [1.29, 1.82) is 0 Å². The molecule has 0 fully saturated rings. The van der Waals surface area contributed by atoms with Gasteiger partial charge in [0, 0.05) is 34.0 Å². The van der Waals surface area contributed by atoms with Crippen molar-refractivity contribution in [3.8, 4) is 11.3 Å². The van der Waals surface area contributed by atoms with E-state index in [2.05, 4.69) is 0 Å². The van der Waals surface area contributed by atoms with Gasteiger partial charge in [0.1, 0.15) is 11.3 Å². The number of para-hydroxylation sites is 1. The highest BCUT2D eigenvalue weighted by Crippen LogP contribution is 2.21. The number of fused-ring (bicyclic) bond motifs is 1. The molecule has 3 nitrogen and oxygen atoms in total. The average molecular weight is 468 g/mol. The Morgan fingerprint density at radius 3 is 1.83 bits per heavy atom. The van der Waals surface area contributed by atoms with Gasteiger partial charge in [-0.25, -0.2) is 0 Å². The maximum absolute atomic E-state index is 11.9. The summed E-state index contributed by atoms with van der Waals surface area (Å²) in [6.07, 6.45) is 3.43. The van der Waals surface area contributed by atoms with Crippen molar-refractivity contribution < 1.29 is 9.21 Å². The molecule has 0 aliphatic heterocycles. The van der Waals surface area contributed by atoms with E-state index in [-0.39, 0.29) is 35.5 Å². The molecule has 0 aliphatic carbocycles. The second-order valence-electron chi connectivity index (χ2n) is 7.31. The van der Waals surface area contributed by atoms with E-state index in [0.717, 1.165) is 16.7 Å². The van der Waals surface area contributed by atoms with E-state index < -0.39 is 0 Å². The maximum Gasteiger partial charge on any atom is 0.193 e. The number of rotatable bonds is 4. The second kappa shape index (κ2) is 14.8. The Labute approximate surface area is 216 Å². The van der Waals surface area contributed by atoms with E-state index in [0.29, 0.717) is 16.7 Å². The van der Waals surface area contributed by atoms with Gasteiger partial charge in [0.2, 0.25) is 0 Å². The summed E-state index contributed by atoms with van der Waals surface area (Å²) in [4.78, 5) is 23.6. The molecule has 0 spiro atoms. The van der Waals surface area contributed by atoms with Crippen molar-refractivity contribution >= 4 is 39.7 Å². The average Bonchev–Trinajstić information content (AvgIpc) is 2.89. The number of hydrogen-bond acceptors (Lipinski definition) is 3. The lowest BCUT2D eigenvalue weighted by molar-refractivity contribution is 0.104. The summed E-state index contributed by atoms with van der Waals surface area (Å²) in [7, 11) is 0. The van der Waals surface area contributed by atoms with Crippen LogP contribution >= 0.6 is 0 Å². The van der Waals surface area contributed by atoms with Crippen LogP contribution in [0.15, 0.2) is 137 Å². The molecular formula is C31H26B2O3. The summed E-state index contributed by atoms with van der Waals surface area (Å²) in [5.74, 6) is 0.638. The molecule has 36 heavy (non-hydrogen) atoms. The van der Waals surface area contributed by atoms with E-state index >= 15 is 0 Å². The third-order valence-electron chi connectivity index (χ3n) is 4.98. The van der Waals surface area contributed by atoms with Crippen molar-refractivity contribution in [1.82, 2.24) is 0 Å². The lowest BCUT2D eigenvalue weighted by atomic mass is 10.1. The number of allylic oxidation sites excluding steroid dienone is 1. The Morgan fingerprint density at radius 1 is 0.667 bits per heavy atom. The predicted octanol–water partition coefficient (Wildman–Crippen LogP) is 6.92. The minimum absolute atomic E-state index is 0. The largest absolute Gasteiger partial charge is 0.456 e. The fourth-order valence-corrected chi connectivity index (χ4v) is 3.28. The SMILES string of the molecule is C.O=C(/C=C/c1ccccc1)c1ccccc1.O=c1cc(-c2ccccc2)oc2ccccc12.[B].[B]. The first-order valence-corrected chi connectivity index (χ1v) is 10.6. The Bertz CT molecular complexity index is 1430. The zero-order valence-corrected chi connectivity index (χ0v) is 19.1. The molecule has 0 atom stereocenters. The Morgan fingerprint density at radius 2 is 1.19 bits per heavy atom. The monoisotopic (exact) mass is 468 g/mol. The van der Waals surface area contributed by atoms with Gasteiger partial charge >= 0.3 is 0 Å². The molecule has 0 aliphatic rings. The molecule has 1 aromatic heterocycles. The van der Waals surface area contributed by atoms with Crippen LogP contribution in [0.3, 0.4) is 0 Å². The molecule has 5 heteroatoms. The Kier molecular flexibility index (Phi) is 12.2. The van der Waals surface area contributed by atoms with E-state index in [1.165, 1.54) is 6.07 Å². The zero-order chi connectivity index (χ0) is 22.9. The van der Waals surface area contributed by atoms with Gasteiger partial charge in [-0.3, -0.25) is 9.59 Å². The third kappa shape index (κ3) is 7.85. The van der Waals surface area contributed by atoms with Crippen molar-refractivity contribution in [2.75, 3.05) is 0 Å². The summed E-state index contributed by atoms with van der Waals surface area (Å²) in [6, 6.07) is 37.5. The first kappa shape index (κ1) is 29.7. The fraction of sp³-hybridized carbons (Fsp3) is 0.0323. The predicted molar refractivity (Wildman–Crippen MR) is 152 cm³/mol. The first-order valence-electron chi connectivity index (χ1n) is 10.6. The van der Waals surface area contributed by atoms with Gasteiger partial charge in [0.05, 0.1) is 5.39 Å². The van der Waals surface area contributed by atoms with E-state index in [1.807, 2.05) is 115 Å². The van der Waals surface area contributed by atoms with Gasteiger partial charge < -0.3 is 4.42 Å². The Hall–Kier alpha value is -4.37. The molecule has 6 radical (unpaired) electrons. The van der Waals surface area contributed by atoms with Gasteiger partial charge in [0.15, 0.2) is 11.2 Å². The smallest absolute Gasteiger partial charge is 0.193 e. The number of benzene rings is 4. The van der Waals surface area contributed by atoms with E-state index in [4.69, 9.17) is 4.42 Å². The molecule has 174 valence electrons. The van der Waals surface area contributed by atoms with Crippen LogP contribution in [0.25, 0.3) is 28.4 Å². The zero-order valence-electron chi connectivity index (χ0n) is 19.1. The van der Waals surface area contributed by atoms with Crippen molar-refractivity contribution in [2.45, 2.75) is 7.43 Å². The summed E-state index contributed by atoms with van der Waals surface area (Å²) >= 11 is 0. The highest BCUT2D eigenvalue weighted by molar-refractivity contribution is 6.06. The van der Waals surface area contributed by atoms with Crippen LogP contribution in [0.2, 0.25) is 0 Å². The van der Waals surface area contributed by atoms with Crippen molar-refractivity contribution in [3.63, 3.8) is 0 Å². The lowest BCUT2D eigenvalue weighted by Gasteiger charge is -2.02.